The van der Waals surface area contributed by atoms with E-state index >= 15 is 0 Å². The van der Waals surface area contributed by atoms with Gasteiger partial charge in [0.1, 0.15) is 0 Å². The first kappa shape index (κ1) is 31.3. The lowest BCUT2D eigenvalue weighted by molar-refractivity contribution is -0.138. The van der Waals surface area contributed by atoms with Gasteiger partial charge in [0.25, 0.3) is 21.2 Å². The lowest BCUT2D eigenvalue weighted by Gasteiger charge is -2.14. The number of carbonyl (C=O) groups excluding carboxylic acids is 2. The van der Waals surface area contributed by atoms with E-state index < -0.39 is 49.7 Å². The number of imide groups is 1. The summed E-state index contributed by atoms with van der Waals surface area (Å²) in [4.78, 5) is 37.4. The number of fused-ring (bicyclic) bond motifs is 1. The highest BCUT2D eigenvalue weighted by molar-refractivity contribution is 8.18. The van der Waals surface area contributed by atoms with Crippen molar-refractivity contribution in [2.45, 2.75) is 24.7 Å². The number of alkyl halides is 3. The van der Waals surface area contributed by atoms with Crippen LogP contribution < -0.4 is 4.72 Å². The number of nitrogens with one attached hydrogen (secondary N) is 1. The zero-order chi connectivity index (χ0) is 32.0. The van der Waals surface area contributed by atoms with Gasteiger partial charge in [-0.05, 0) is 66.2 Å². The minimum Gasteiger partial charge on any atom is -0.475 e. The summed E-state index contributed by atoms with van der Waals surface area (Å²) in [6.45, 7) is 0.531. The molecular weight excluding hydrogens is 649 g/mol. The van der Waals surface area contributed by atoms with Gasteiger partial charge in [-0.2, -0.15) is 18.3 Å². The van der Waals surface area contributed by atoms with Crippen molar-refractivity contribution in [1.82, 2.24) is 19.4 Å². The first-order chi connectivity index (χ1) is 20.6. The molecule has 0 aliphatic carbocycles. The van der Waals surface area contributed by atoms with Crippen LogP contribution in [0.15, 0.2) is 63.1 Å². The topological polar surface area (TPSA) is 152 Å². The summed E-state index contributed by atoms with van der Waals surface area (Å²) in [5.74, 6) is -2.65. The molecule has 17 heteroatoms. The van der Waals surface area contributed by atoms with Gasteiger partial charge in [0.2, 0.25) is 10.9 Å². The predicted molar refractivity (Wildman–Crippen MR) is 154 cm³/mol. The monoisotopic (exact) mass is 668 g/mol. The van der Waals surface area contributed by atoms with Crippen LogP contribution in [0.25, 0.3) is 17.0 Å². The summed E-state index contributed by atoms with van der Waals surface area (Å²) < 4.78 is 74.2. The second-order valence-corrected chi connectivity index (χ2v) is 12.6. The van der Waals surface area contributed by atoms with E-state index in [0.29, 0.717) is 28.2 Å². The highest BCUT2D eigenvalue weighted by Gasteiger charge is 2.36. The van der Waals surface area contributed by atoms with E-state index in [-0.39, 0.29) is 40.7 Å². The molecular formula is C27H20ClF3N4O7S2. The minimum absolute atomic E-state index is 0.0174. The summed E-state index contributed by atoms with van der Waals surface area (Å²) in [7, 11) is -4.26. The normalized spacial score (nSPS) is 15.2. The molecule has 0 saturated carbocycles. The van der Waals surface area contributed by atoms with Crippen LogP contribution in [-0.2, 0) is 27.5 Å². The first-order valence-corrected chi connectivity index (χ1v) is 15.2. The molecule has 5 rings (SSSR count). The van der Waals surface area contributed by atoms with Crippen LogP contribution in [0.3, 0.4) is 0 Å². The molecule has 1 saturated heterocycles. The van der Waals surface area contributed by atoms with Gasteiger partial charge in [0, 0.05) is 29.1 Å². The Bertz CT molecular complexity index is 1970. The van der Waals surface area contributed by atoms with E-state index in [1.54, 1.807) is 18.2 Å². The Morgan fingerprint density at radius 1 is 1.18 bits per heavy atom. The number of thioether (sulfide) groups is 1. The average Bonchev–Trinajstić information content (AvgIpc) is 3.61. The third-order valence-corrected chi connectivity index (χ3v) is 9.11. The van der Waals surface area contributed by atoms with Gasteiger partial charge in [0.15, 0.2) is 0 Å². The number of carbonyl (C=O) groups is 3. The molecule has 4 aromatic rings. The van der Waals surface area contributed by atoms with Crippen LogP contribution in [-0.4, -0.2) is 58.4 Å². The Morgan fingerprint density at radius 2 is 1.93 bits per heavy atom. The third-order valence-electron chi connectivity index (χ3n) is 6.49. The summed E-state index contributed by atoms with van der Waals surface area (Å²) in [5.41, 5.74) is 0.247. The minimum atomic E-state index is -4.60. The number of carboxylic acids is 1. The van der Waals surface area contributed by atoms with E-state index in [0.717, 1.165) is 17.0 Å². The van der Waals surface area contributed by atoms with Crippen LogP contribution in [0.4, 0.5) is 18.0 Å². The Kier molecular flexibility index (Phi) is 8.37. The second kappa shape index (κ2) is 11.8. The van der Waals surface area contributed by atoms with E-state index in [1.165, 1.54) is 36.0 Å². The molecule has 0 bridgehead atoms. The molecule has 3 heterocycles. The molecule has 11 nitrogen and oxygen atoms in total. The molecule has 2 aromatic carbocycles. The van der Waals surface area contributed by atoms with E-state index in [9.17, 15) is 36.0 Å². The van der Waals surface area contributed by atoms with Crippen molar-refractivity contribution in [2.24, 2.45) is 0 Å². The molecule has 1 aliphatic heterocycles. The van der Waals surface area contributed by atoms with Gasteiger partial charge in [0.05, 0.1) is 28.7 Å². The zero-order valence-electron chi connectivity index (χ0n) is 22.4. The Labute approximate surface area is 256 Å². The number of hydrogen-bond donors (Lipinski definition) is 2. The van der Waals surface area contributed by atoms with Gasteiger partial charge in [-0.15, -0.1) is 0 Å². The summed E-state index contributed by atoms with van der Waals surface area (Å²) in [5, 5.41) is 12.5. The van der Waals surface area contributed by atoms with Crippen LogP contribution in [0.5, 0.6) is 0 Å². The number of carboxylic acid groups (broad SMARTS) is 1. The van der Waals surface area contributed by atoms with Crippen molar-refractivity contribution in [3.8, 4) is 0 Å². The average molecular weight is 669 g/mol. The van der Waals surface area contributed by atoms with Crippen molar-refractivity contribution >= 4 is 67.5 Å². The van der Waals surface area contributed by atoms with Gasteiger partial charge >= 0.3 is 12.1 Å². The molecule has 2 aromatic heterocycles. The predicted octanol–water partition coefficient (Wildman–Crippen LogP) is 5.37. The number of aromatic carboxylic acids is 1. The van der Waals surface area contributed by atoms with Gasteiger partial charge in [-0.25, -0.2) is 17.9 Å². The van der Waals surface area contributed by atoms with Crippen molar-refractivity contribution in [1.29, 1.82) is 0 Å². The molecule has 0 radical (unpaired) electrons. The van der Waals surface area contributed by atoms with Crippen molar-refractivity contribution in [2.75, 3.05) is 13.1 Å². The maximum atomic E-state index is 13.5. The van der Waals surface area contributed by atoms with Crippen LogP contribution in [0, 0.1) is 6.92 Å². The Hall–Kier alpha value is -4.12. The summed E-state index contributed by atoms with van der Waals surface area (Å²) >= 11 is 6.43. The van der Waals surface area contributed by atoms with E-state index in [2.05, 4.69) is 9.82 Å². The maximum Gasteiger partial charge on any atom is 0.416 e. The van der Waals surface area contributed by atoms with E-state index in [1.807, 2.05) is 0 Å². The van der Waals surface area contributed by atoms with Crippen molar-refractivity contribution in [3.05, 3.63) is 86.6 Å². The molecule has 44 heavy (non-hydrogen) atoms. The number of aromatic nitrogens is 2. The van der Waals surface area contributed by atoms with E-state index in [4.69, 9.17) is 21.1 Å². The van der Waals surface area contributed by atoms with Crippen molar-refractivity contribution in [3.63, 3.8) is 0 Å². The number of hydrogen-bond acceptors (Lipinski definition) is 8. The number of benzene rings is 2. The fourth-order valence-corrected chi connectivity index (χ4v) is 6.68. The third kappa shape index (κ3) is 6.38. The Balaban J connectivity index is 1.28. The fourth-order valence-electron chi connectivity index (χ4n) is 4.47. The van der Waals surface area contributed by atoms with Crippen LogP contribution in [0.1, 0.15) is 32.8 Å². The molecule has 1 fully saturated rings. The summed E-state index contributed by atoms with van der Waals surface area (Å²) in [6.07, 6.45) is -1.67. The van der Waals surface area contributed by atoms with Gasteiger partial charge in [-0.1, -0.05) is 23.7 Å². The number of nitrogens with zero attached hydrogens (tertiary/aromatic N) is 3. The smallest absolute Gasteiger partial charge is 0.416 e. The molecule has 230 valence electrons. The number of rotatable bonds is 9. The van der Waals surface area contributed by atoms with Crippen LogP contribution >= 0.6 is 23.4 Å². The van der Waals surface area contributed by atoms with Crippen molar-refractivity contribution < 1.29 is 45.5 Å². The molecule has 0 atom stereocenters. The lowest BCUT2D eigenvalue weighted by atomic mass is 10.1. The Morgan fingerprint density at radius 3 is 2.61 bits per heavy atom. The quantitative estimate of drug-likeness (QED) is 0.224. The van der Waals surface area contributed by atoms with Gasteiger partial charge < -0.3 is 9.52 Å². The molecule has 0 unspecified atom stereocenters. The van der Waals surface area contributed by atoms with Crippen LogP contribution in [0.2, 0.25) is 5.02 Å². The lowest BCUT2D eigenvalue weighted by Crippen LogP contribution is -2.37. The SMILES string of the molecule is Cc1cc(C(=O)O)oc1S(=O)(=O)NCCN1C(=O)S/C(=C\c2ccc3c(cnn3Cc3ccc(Cl)cc3C(F)(F)F)c2)C1=O. The highest BCUT2D eigenvalue weighted by atomic mass is 35.5. The standard InChI is InChI=1S/C27H20ClF3N4O7S2/c1-14-8-21(24(37)38)42-25(14)44(40,41)33-6-7-34-23(36)22(43-26(34)39)10-15-2-5-20-17(9-15)12-32-35(20)13-16-3-4-18(28)11-19(16)27(29,30)31/h2-5,8-12,33H,6-7,13H2,1H3,(H,37,38)/b22-10-. The molecule has 0 spiro atoms. The number of furan rings is 1. The molecule has 2 amide bonds. The zero-order valence-corrected chi connectivity index (χ0v) is 24.8. The molecule has 1 aliphatic rings. The van der Waals surface area contributed by atoms with Gasteiger partial charge in [-0.3, -0.25) is 19.2 Å². The fraction of sp³-hybridized carbons (Fsp3) is 0.185. The number of sulfonamides is 1. The number of halogens is 4. The summed E-state index contributed by atoms with van der Waals surface area (Å²) in [6, 6.07) is 9.49. The largest absolute Gasteiger partial charge is 0.475 e. The number of aryl methyl sites for hydroxylation is 1. The first-order valence-electron chi connectivity index (χ1n) is 12.5. The second-order valence-electron chi connectivity index (χ2n) is 9.54. The molecule has 2 N–H and O–H groups in total. The number of amides is 2. The highest BCUT2D eigenvalue weighted by Crippen LogP contribution is 2.35. The maximum absolute atomic E-state index is 13.5.